The molecule has 0 unspecified atom stereocenters. The smallest absolute Gasteiger partial charge is 0.276 e. The number of carbonyl (C=O) groups excluding carboxylic acids is 2. The lowest BCUT2D eigenvalue weighted by Crippen LogP contribution is -2.16. The number of H-pyrrole nitrogens is 1. The van der Waals surface area contributed by atoms with Gasteiger partial charge in [-0.2, -0.15) is 5.10 Å². The maximum absolute atomic E-state index is 13.1. The Labute approximate surface area is 163 Å². The number of hydrogen-bond acceptors (Lipinski definition) is 6. The fraction of sp³-hybridized carbons (Fsp3) is 0.118. The number of anilines is 1. The lowest BCUT2D eigenvalue weighted by Gasteiger charge is -2.02. The van der Waals surface area contributed by atoms with E-state index in [2.05, 4.69) is 15.5 Å². The van der Waals surface area contributed by atoms with Crippen LogP contribution in [-0.4, -0.2) is 30.4 Å². The molecule has 0 aliphatic rings. The van der Waals surface area contributed by atoms with Crippen molar-refractivity contribution in [2.75, 3.05) is 5.32 Å². The van der Waals surface area contributed by atoms with E-state index in [0.29, 0.717) is 17.8 Å². The van der Waals surface area contributed by atoms with E-state index in [0.717, 1.165) is 36.0 Å². The predicted octanol–water partition coefficient (Wildman–Crippen LogP) is 2.36. The molecule has 1 aromatic carbocycles. The van der Waals surface area contributed by atoms with E-state index in [1.165, 1.54) is 0 Å². The number of primary amides is 1. The third-order valence-corrected chi connectivity index (χ3v) is 7.13. The van der Waals surface area contributed by atoms with Gasteiger partial charge >= 0.3 is 0 Å². The Morgan fingerprint density at radius 2 is 1.93 bits per heavy atom. The average Bonchev–Trinajstić information content (AvgIpc) is 3.29. The molecular formula is C17H15FN4O4S2. The highest BCUT2D eigenvalue weighted by atomic mass is 32.2. The Morgan fingerprint density at radius 1 is 1.25 bits per heavy atom. The summed E-state index contributed by atoms with van der Waals surface area (Å²) in [6, 6.07) is 6.89. The SMILES string of the molecule is CCc1cc(C(=O)Nc2sc(S(=O)(=O)c3ccc(F)cc3)cc2C(N)=O)n[nH]1. The van der Waals surface area contributed by atoms with Crippen molar-refractivity contribution < 1.29 is 22.4 Å². The summed E-state index contributed by atoms with van der Waals surface area (Å²) in [4.78, 5) is 23.9. The molecule has 0 aliphatic carbocycles. The number of amides is 2. The number of hydrogen-bond donors (Lipinski definition) is 3. The lowest BCUT2D eigenvalue weighted by atomic mass is 10.3. The highest BCUT2D eigenvalue weighted by molar-refractivity contribution is 7.93. The van der Waals surface area contributed by atoms with Crippen LogP contribution in [0.25, 0.3) is 0 Å². The van der Waals surface area contributed by atoms with Crippen molar-refractivity contribution in [1.29, 1.82) is 0 Å². The molecule has 0 bridgehead atoms. The minimum atomic E-state index is -4.02. The standard InChI is InChI=1S/C17H15FN4O4S2/c1-2-10-7-13(22-21-10)16(24)20-17-12(15(19)23)8-14(27-17)28(25,26)11-5-3-9(18)4-6-11/h3-8H,2H2,1H3,(H2,19,23)(H,20,24)(H,21,22). The third kappa shape index (κ3) is 3.80. The molecule has 0 aliphatic heterocycles. The number of nitrogens with zero attached hydrogens (tertiary/aromatic N) is 1. The first-order chi connectivity index (χ1) is 13.2. The predicted molar refractivity (Wildman–Crippen MR) is 101 cm³/mol. The number of aromatic amines is 1. The molecule has 2 heterocycles. The first-order valence-electron chi connectivity index (χ1n) is 8.02. The molecule has 2 amide bonds. The second kappa shape index (κ2) is 7.52. The van der Waals surface area contributed by atoms with Crippen LogP contribution in [0.1, 0.15) is 33.5 Å². The van der Waals surface area contributed by atoms with Gasteiger partial charge in [-0.1, -0.05) is 6.92 Å². The molecule has 0 saturated carbocycles. The van der Waals surface area contributed by atoms with Crippen LogP contribution in [-0.2, 0) is 16.3 Å². The molecule has 146 valence electrons. The molecule has 3 aromatic rings. The van der Waals surface area contributed by atoms with Crippen LogP contribution in [0.3, 0.4) is 0 Å². The van der Waals surface area contributed by atoms with Gasteiger partial charge in [0.1, 0.15) is 15.0 Å². The van der Waals surface area contributed by atoms with Gasteiger partial charge in [-0.25, -0.2) is 12.8 Å². The van der Waals surface area contributed by atoms with E-state index in [1.807, 2.05) is 6.92 Å². The van der Waals surface area contributed by atoms with Crippen molar-refractivity contribution in [1.82, 2.24) is 10.2 Å². The van der Waals surface area contributed by atoms with Crippen LogP contribution >= 0.6 is 11.3 Å². The quantitative estimate of drug-likeness (QED) is 0.524. The molecule has 0 fully saturated rings. The highest BCUT2D eigenvalue weighted by Crippen LogP contribution is 2.34. The van der Waals surface area contributed by atoms with Crippen molar-refractivity contribution in [2.24, 2.45) is 5.73 Å². The number of thiophene rings is 1. The molecule has 8 nitrogen and oxygen atoms in total. The first kappa shape index (κ1) is 19.7. The number of aryl methyl sites for hydroxylation is 1. The van der Waals surface area contributed by atoms with Crippen LogP contribution < -0.4 is 11.1 Å². The second-order valence-electron chi connectivity index (χ2n) is 5.72. The van der Waals surface area contributed by atoms with Crippen molar-refractivity contribution in [3.8, 4) is 0 Å². The lowest BCUT2D eigenvalue weighted by molar-refractivity contribution is 0.100. The van der Waals surface area contributed by atoms with E-state index >= 15 is 0 Å². The fourth-order valence-corrected chi connectivity index (χ4v) is 5.10. The summed E-state index contributed by atoms with van der Waals surface area (Å²) in [7, 11) is -4.02. The molecule has 2 aromatic heterocycles. The van der Waals surface area contributed by atoms with Gasteiger partial charge in [0.05, 0.1) is 10.5 Å². The minimum Gasteiger partial charge on any atom is -0.366 e. The zero-order chi connectivity index (χ0) is 20.5. The van der Waals surface area contributed by atoms with Crippen molar-refractivity contribution in [3.63, 3.8) is 0 Å². The Morgan fingerprint density at radius 3 is 2.50 bits per heavy atom. The van der Waals surface area contributed by atoms with Gasteiger partial charge < -0.3 is 11.1 Å². The van der Waals surface area contributed by atoms with E-state index in [9.17, 15) is 22.4 Å². The third-order valence-electron chi connectivity index (χ3n) is 3.84. The van der Waals surface area contributed by atoms with E-state index in [4.69, 9.17) is 5.73 Å². The number of benzene rings is 1. The minimum absolute atomic E-state index is 0.0146. The van der Waals surface area contributed by atoms with Gasteiger partial charge in [-0.15, -0.1) is 11.3 Å². The van der Waals surface area contributed by atoms with E-state index in [-0.39, 0.29) is 25.4 Å². The van der Waals surface area contributed by atoms with E-state index in [1.54, 1.807) is 6.07 Å². The van der Waals surface area contributed by atoms with Gasteiger partial charge in [0.25, 0.3) is 11.8 Å². The van der Waals surface area contributed by atoms with Gasteiger partial charge in [0.2, 0.25) is 9.84 Å². The maximum Gasteiger partial charge on any atom is 0.276 e. The van der Waals surface area contributed by atoms with Crippen molar-refractivity contribution >= 4 is 38.0 Å². The van der Waals surface area contributed by atoms with Crippen molar-refractivity contribution in [3.05, 3.63) is 59.2 Å². The number of carbonyl (C=O) groups is 2. The summed E-state index contributed by atoms with van der Waals surface area (Å²) < 4.78 is 38.3. The van der Waals surface area contributed by atoms with Crippen LogP contribution in [0.5, 0.6) is 0 Å². The zero-order valence-corrected chi connectivity index (χ0v) is 16.2. The Hall–Kier alpha value is -3.05. The summed E-state index contributed by atoms with van der Waals surface area (Å²) in [6.45, 7) is 1.88. The molecule has 4 N–H and O–H groups in total. The molecule has 0 spiro atoms. The molecule has 0 saturated heterocycles. The van der Waals surface area contributed by atoms with Gasteiger partial charge in [0, 0.05) is 5.69 Å². The van der Waals surface area contributed by atoms with Crippen LogP contribution in [0.2, 0.25) is 0 Å². The fourth-order valence-electron chi connectivity index (χ4n) is 2.33. The molecule has 28 heavy (non-hydrogen) atoms. The Balaban J connectivity index is 1.96. The maximum atomic E-state index is 13.1. The van der Waals surface area contributed by atoms with Crippen LogP contribution in [0.15, 0.2) is 45.5 Å². The number of sulfone groups is 1. The van der Waals surface area contributed by atoms with Gasteiger partial charge in [0.15, 0.2) is 5.69 Å². The molecule has 11 heteroatoms. The van der Waals surface area contributed by atoms with E-state index < -0.39 is 27.5 Å². The summed E-state index contributed by atoms with van der Waals surface area (Å²) >= 11 is 0.677. The van der Waals surface area contributed by atoms with Crippen LogP contribution in [0, 0.1) is 5.82 Å². The average molecular weight is 422 g/mol. The number of rotatable bonds is 6. The summed E-state index contributed by atoms with van der Waals surface area (Å²) in [6.07, 6.45) is 0.645. The van der Waals surface area contributed by atoms with Gasteiger partial charge in [-0.05, 0) is 42.8 Å². The normalized spacial score (nSPS) is 11.4. The Bertz CT molecular complexity index is 1150. The monoisotopic (exact) mass is 422 g/mol. The summed E-state index contributed by atoms with van der Waals surface area (Å²) in [5.41, 5.74) is 6.00. The highest BCUT2D eigenvalue weighted by Gasteiger charge is 2.26. The molecule has 0 radical (unpaired) electrons. The summed E-state index contributed by atoms with van der Waals surface area (Å²) in [5, 5.41) is 9.01. The summed E-state index contributed by atoms with van der Waals surface area (Å²) in [5.74, 6) is -2.10. The first-order valence-corrected chi connectivity index (χ1v) is 10.3. The van der Waals surface area contributed by atoms with Gasteiger partial charge in [-0.3, -0.25) is 14.7 Å². The molecular weight excluding hydrogens is 407 g/mol. The number of aromatic nitrogens is 2. The molecule has 3 rings (SSSR count). The number of halogens is 1. The number of nitrogens with two attached hydrogens (primary N) is 1. The number of nitrogens with one attached hydrogen (secondary N) is 2. The molecule has 0 atom stereocenters. The Kier molecular flexibility index (Phi) is 5.29. The second-order valence-corrected chi connectivity index (χ2v) is 8.94. The largest absolute Gasteiger partial charge is 0.366 e. The zero-order valence-electron chi connectivity index (χ0n) is 14.5. The van der Waals surface area contributed by atoms with Crippen LogP contribution in [0.4, 0.5) is 9.39 Å². The van der Waals surface area contributed by atoms with Crippen molar-refractivity contribution in [2.45, 2.75) is 22.4 Å². The topological polar surface area (TPSA) is 135 Å².